The Balaban J connectivity index is 1.73. The average molecular weight is 253 g/mol. The zero-order chi connectivity index (χ0) is 13.0. The van der Waals surface area contributed by atoms with Crippen LogP contribution in [0.3, 0.4) is 0 Å². The highest BCUT2D eigenvalue weighted by atomic mass is 16.5. The summed E-state index contributed by atoms with van der Waals surface area (Å²) < 4.78 is 6.41. The van der Waals surface area contributed by atoms with Crippen LogP contribution in [0.1, 0.15) is 72.1 Å². The smallest absolute Gasteiger partial charge is 0.0687 e. The SMILES string of the molecule is CCCNC(C)C(C)CC1CCC2(CCCC2)O1. The summed E-state index contributed by atoms with van der Waals surface area (Å²) in [6.45, 7) is 8.06. The number of hydrogen-bond donors (Lipinski definition) is 1. The van der Waals surface area contributed by atoms with Gasteiger partial charge in [0, 0.05) is 6.04 Å². The van der Waals surface area contributed by atoms with Gasteiger partial charge in [-0.05, 0) is 57.9 Å². The molecule has 3 unspecified atom stereocenters. The van der Waals surface area contributed by atoms with Crippen molar-refractivity contribution in [2.45, 2.75) is 89.9 Å². The first-order chi connectivity index (χ1) is 8.65. The van der Waals surface area contributed by atoms with E-state index in [0.717, 1.165) is 12.5 Å². The Bertz CT molecular complexity index is 247. The summed E-state index contributed by atoms with van der Waals surface area (Å²) in [6, 6.07) is 0.619. The van der Waals surface area contributed by atoms with Crippen molar-refractivity contribution in [1.82, 2.24) is 5.32 Å². The molecule has 0 amide bonds. The predicted octanol–water partition coefficient (Wildman–Crippen LogP) is 3.89. The second kappa shape index (κ2) is 6.38. The molecule has 0 aromatic rings. The van der Waals surface area contributed by atoms with Crippen LogP contribution in [0.25, 0.3) is 0 Å². The van der Waals surface area contributed by atoms with E-state index in [2.05, 4.69) is 26.1 Å². The Morgan fingerprint density at radius 2 is 1.94 bits per heavy atom. The van der Waals surface area contributed by atoms with Crippen LogP contribution in [0.4, 0.5) is 0 Å². The van der Waals surface area contributed by atoms with Gasteiger partial charge in [-0.2, -0.15) is 0 Å². The van der Waals surface area contributed by atoms with Crippen molar-refractivity contribution >= 4 is 0 Å². The highest BCUT2D eigenvalue weighted by Gasteiger charge is 2.42. The van der Waals surface area contributed by atoms with Crippen molar-refractivity contribution in [3.63, 3.8) is 0 Å². The van der Waals surface area contributed by atoms with Gasteiger partial charge in [0.2, 0.25) is 0 Å². The van der Waals surface area contributed by atoms with E-state index < -0.39 is 0 Å². The van der Waals surface area contributed by atoms with Gasteiger partial charge in [0.1, 0.15) is 0 Å². The van der Waals surface area contributed by atoms with E-state index in [4.69, 9.17) is 4.74 Å². The van der Waals surface area contributed by atoms with Crippen LogP contribution in [-0.2, 0) is 4.74 Å². The molecule has 2 aliphatic rings. The molecule has 1 N–H and O–H groups in total. The predicted molar refractivity (Wildman–Crippen MR) is 76.8 cm³/mol. The molecule has 2 fully saturated rings. The van der Waals surface area contributed by atoms with E-state index in [1.54, 1.807) is 0 Å². The fourth-order valence-corrected chi connectivity index (χ4v) is 3.64. The first-order valence-electron chi connectivity index (χ1n) is 8.06. The third kappa shape index (κ3) is 3.48. The Kier molecular flexibility index (Phi) is 5.08. The summed E-state index contributed by atoms with van der Waals surface area (Å²) in [6.07, 6.45) is 11.0. The molecule has 0 radical (unpaired) electrons. The van der Waals surface area contributed by atoms with Crippen molar-refractivity contribution in [2.75, 3.05) is 6.54 Å². The summed E-state index contributed by atoms with van der Waals surface area (Å²) in [5.41, 5.74) is 0.310. The first-order valence-corrected chi connectivity index (χ1v) is 8.06. The fraction of sp³-hybridized carbons (Fsp3) is 1.00. The van der Waals surface area contributed by atoms with E-state index in [-0.39, 0.29) is 0 Å². The molecule has 1 aliphatic carbocycles. The van der Waals surface area contributed by atoms with Gasteiger partial charge in [0.15, 0.2) is 0 Å². The number of rotatable bonds is 6. The molecule has 0 aromatic carbocycles. The number of nitrogens with one attached hydrogen (secondary N) is 1. The van der Waals surface area contributed by atoms with Gasteiger partial charge >= 0.3 is 0 Å². The molecular formula is C16H31NO. The summed E-state index contributed by atoms with van der Waals surface area (Å²) in [5.74, 6) is 0.720. The lowest BCUT2D eigenvalue weighted by atomic mass is 9.94. The van der Waals surface area contributed by atoms with Gasteiger partial charge in [-0.1, -0.05) is 26.7 Å². The summed E-state index contributed by atoms with van der Waals surface area (Å²) in [4.78, 5) is 0. The van der Waals surface area contributed by atoms with Gasteiger partial charge in [0.25, 0.3) is 0 Å². The first kappa shape index (κ1) is 14.3. The minimum Gasteiger partial charge on any atom is -0.372 e. The van der Waals surface area contributed by atoms with E-state index in [1.807, 2.05) is 0 Å². The standard InChI is InChI=1S/C16H31NO/c1-4-11-17-14(3)13(2)12-15-7-10-16(18-15)8-5-6-9-16/h13-15,17H,4-12H2,1-3H3. The zero-order valence-electron chi connectivity index (χ0n) is 12.5. The maximum atomic E-state index is 6.41. The third-order valence-electron chi connectivity index (χ3n) is 5.06. The van der Waals surface area contributed by atoms with E-state index in [0.29, 0.717) is 17.7 Å². The van der Waals surface area contributed by atoms with Crippen LogP contribution in [0.2, 0.25) is 0 Å². The zero-order valence-corrected chi connectivity index (χ0v) is 12.5. The second-order valence-corrected chi connectivity index (χ2v) is 6.62. The molecule has 0 aromatic heterocycles. The summed E-state index contributed by atoms with van der Waals surface area (Å²) >= 11 is 0. The molecule has 1 spiro atoms. The normalized spacial score (nSPS) is 29.8. The lowest BCUT2D eigenvalue weighted by Gasteiger charge is -2.27. The fourth-order valence-electron chi connectivity index (χ4n) is 3.64. The second-order valence-electron chi connectivity index (χ2n) is 6.62. The topological polar surface area (TPSA) is 21.3 Å². The van der Waals surface area contributed by atoms with Crippen LogP contribution in [0.15, 0.2) is 0 Å². The monoisotopic (exact) mass is 253 g/mol. The van der Waals surface area contributed by atoms with Gasteiger partial charge in [-0.3, -0.25) is 0 Å². The van der Waals surface area contributed by atoms with Gasteiger partial charge in [0.05, 0.1) is 11.7 Å². The maximum absolute atomic E-state index is 6.41. The molecule has 2 nitrogen and oxygen atoms in total. The molecule has 0 bridgehead atoms. The molecule has 2 heteroatoms. The Hall–Kier alpha value is -0.0800. The Morgan fingerprint density at radius 3 is 2.61 bits per heavy atom. The highest BCUT2D eigenvalue weighted by molar-refractivity contribution is 4.93. The van der Waals surface area contributed by atoms with E-state index in [9.17, 15) is 0 Å². The Morgan fingerprint density at radius 1 is 1.22 bits per heavy atom. The van der Waals surface area contributed by atoms with Crippen LogP contribution in [-0.4, -0.2) is 24.3 Å². The van der Waals surface area contributed by atoms with Gasteiger partial charge < -0.3 is 10.1 Å². The molecule has 1 saturated carbocycles. The van der Waals surface area contributed by atoms with E-state index >= 15 is 0 Å². The molecule has 2 rings (SSSR count). The minimum atomic E-state index is 0.310. The van der Waals surface area contributed by atoms with Crippen molar-refractivity contribution in [2.24, 2.45) is 5.92 Å². The van der Waals surface area contributed by atoms with Crippen molar-refractivity contribution < 1.29 is 4.74 Å². The lowest BCUT2D eigenvalue weighted by molar-refractivity contribution is -0.0447. The molecule has 106 valence electrons. The molecule has 1 aliphatic heterocycles. The number of hydrogen-bond acceptors (Lipinski definition) is 2. The average Bonchev–Trinajstić information content (AvgIpc) is 2.97. The number of ether oxygens (including phenoxy) is 1. The largest absolute Gasteiger partial charge is 0.372 e. The van der Waals surface area contributed by atoms with E-state index in [1.165, 1.54) is 51.4 Å². The Labute approximate surface area is 113 Å². The van der Waals surface area contributed by atoms with Crippen LogP contribution in [0, 0.1) is 5.92 Å². The summed E-state index contributed by atoms with van der Waals surface area (Å²) in [5, 5.41) is 3.61. The highest BCUT2D eigenvalue weighted by Crippen LogP contribution is 2.44. The maximum Gasteiger partial charge on any atom is 0.0687 e. The van der Waals surface area contributed by atoms with Gasteiger partial charge in [-0.15, -0.1) is 0 Å². The van der Waals surface area contributed by atoms with Crippen LogP contribution in [0.5, 0.6) is 0 Å². The third-order valence-corrected chi connectivity index (χ3v) is 5.06. The molecule has 1 heterocycles. The van der Waals surface area contributed by atoms with Crippen molar-refractivity contribution in [3.05, 3.63) is 0 Å². The van der Waals surface area contributed by atoms with Crippen LogP contribution >= 0.6 is 0 Å². The molecule has 3 atom stereocenters. The molecule has 18 heavy (non-hydrogen) atoms. The van der Waals surface area contributed by atoms with Crippen molar-refractivity contribution in [3.8, 4) is 0 Å². The summed E-state index contributed by atoms with van der Waals surface area (Å²) in [7, 11) is 0. The van der Waals surface area contributed by atoms with Crippen molar-refractivity contribution in [1.29, 1.82) is 0 Å². The van der Waals surface area contributed by atoms with Gasteiger partial charge in [-0.25, -0.2) is 0 Å². The van der Waals surface area contributed by atoms with Crippen LogP contribution < -0.4 is 5.32 Å². The molecule has 1 saturated heterocycles. The lowest BCUT2D eigenvalue weighted by Crippen LogP contribution is -2.35. The molecular weight excluding hydrogens is 222 g/mol. The minimum absolute atomic E-state index is 0.310. The quantitative estimate of drug-likeness (QED) is 0.775.